The van der Waals surface area contributed by atoms with Crippen LogP contribution in [0.1, 0.15) is 29.8 Å². The van der Waals surface area contributed by atoms with E-state index in [2.05, 4.69) is 10.5 Å². The zero-order valence-corrected chi connectivity index (χ0v) is 19.3. The van der Waals surface area contributed by atoms with Gasteiger partial charge >= 0.3 is 0 Å². The molecular formula is C27H26N4O3. The van der Waals surface area contributed by atoms with E-state index in [9.17, 15) is 4.79 Å². The number of amides is 1. The van der Waals surface area contributed by atoms with Crippen molar-refractivity contribution in [1.82, 2.24) is 15.2 Å². The molecule has 7 nitrogen and oxygen atoms in total. The Labute approximate surface area is 198 Å². The van der Waals surface area contributed by atoms with Crippen LogP contribution in [0.5, 0.6) is 11.5 Å². The van der Waals surface area contributed by atoms with E-state index in [1.807, 2.05) is 80.7 Å². The number of benzene rings is 3. The van der Waals surface area contributed by atoms with E-state index in [-0.39, 0.29) is 12.0 Å². The lowest BCUT2D eigenvalue weighted by Gasteiger charge is -2.14. The fourth-order valence-electron chi connectivity index (χ4n) is 3.40. The van der Waals surface area contributed by atoms with Crippen LogP contribution in [0.4, 0.5) is 0 Å². The van der Waals surface area contributed by atoms with Gasteiger partial charge in [0.2, 0.25) is 0 Å². The van der Waals surface area contributed by atoms with Crippen molar-refractivity contribution < 1.29 is 14.3 Å². The first-order valence-corrected chi connectivity index (χ1v) is 10.9. The van der Waals surface area contributed by atoms with Crippen LogP contribution in [-0.2, 0) is 0 Å². The van der Waals surface area contributed by atoms with Crippen LogP contribution in [0.25, 0.3) is 16.9 Å². The maximum atomic E-state index is 12.7. The van der Waals surface area contributed by atoms with E-state index in [4.69, 9.17) is 14.6 Å². The Morgan fingerprint density at radius 1 is 1.00 bits per heavy atom. The number of rotatable bonds is 8. The van der Waals surface area contributed by atoms with Crippen LogP contribution in [0.2, 0.25) is 0 Å². The number of aromatic nitrogens is 2. The number of nitrogens with one attached hydrogen (secondary N) is 1. The van der Waals surface area contributed by atoms with Gasteiger partial charge in [0.05, 0.1) is 25.1 Å². The summed E-state index contributed by atoms with van der Waals surface area (Å²) in [6, 6.07) is 24.7. The van der Waals surface area contributed by atoms with Crippen LogP contribution in [0, 0.1) is 0 Å². The molecule has 1 aromatic heterocycles. The minimum absolute atomic E-state index is 0.00575. The lowest BCUT2D eigenvalue weighted by atomic mass is 10.1. The smallest absolute Gasteiger partial charge is 0.271 e. The summed E-state index contributed by atoms with van der Waals surface area (Å²) < 4.78 is 12.9. The number of carbonyl (C=O) groups excluding carboxylic acids is 1. The Hall–Kier alpha value is -4.39. The summed E-state index contributed by atoms with van der Waals surface area (Å²) in [5, 5.41) is 8.93. The lowest BCUT2D eigenvalue weighted by molar-refractivity contribution is 0.0954. The van der Waals surface area contributed by atoms with Gasteiger partial charge in [0.25, 0.3) is 5.91 Å². The standard InChI is InChI=1S/C27H26N4O3/c1-19(2)34-24-15-14-21(16-25(24)33-3)27(32)29-28-17-22-18-31(23-12-8-5-9-13-23)30-26(22)20-10-6-4-7-11-20/h4-19H,1-3H3,(H,29,32)/b28-17+. The Morgan fingerprint density at radius 3 is 2.38 bits per heavy atom. The Bertz CT molecular complexity index is 1280. The molecule has 0 aliphatic heterocycles. The predicted octanol–water partition coefficient (Wildman–Crippen LogP) is 5.10. The Balaban J connectivity index is 1.56. The highest BCUT2D eigenvalue weighted by atomic mass is 16.5. The third-order valence-corrected chi connectivity index (χ3v) is 4.97. The van der Waals surface area contributed by atoms with Crippen molar-refractivity contribution in [2.75, 3.05) is 7.11 Å². The first-order valence-electron chi connectivity index (χ1n) is 10.9. The average molecular weight is 455 g/mol. The molecule has 4 rings (SSSR count). The second-order valence-corrected chi connectivity index (χ2v) is 7.81. The molecule has 0 bridgehead atoms. The number of hydrogen-bond acceptors (Lipinski definition) is 5. The molecule has 0 aliphatic carbocycles. The summed E-state index contributed by atoms with van der Waals surface area (Å²) in [6.45, 7) is 3.86. The molecule has 1 heterocycles. The fourth-order valence-corrected chi connectivity index (χ4v) is 3.40. The van der Waals surface area contributed by atoms with E-state index >= 15 is 0 Å². The average Bonchev–Trinajstić information content (AvgIpc) is 3.29. The van der Waals surface area contributed by atoms with Crippen LogP contribution in [0.3, 0.4) is 0 Å². The first kappa shape index (κ1) is 22.8. The SMILES string of the molecule is COc1cc(C(=O)N/N=C/c2cn(-c3ccccc3)nc2-c2ccccc2)ccc1OC(C)C. The quantitative estimate of drug-likeness (QED) is 0.297. The third-order valence-electron chi connectivity index (χ3n) is 4.97. The molecule has 7 heteroatoms. The highest BCUT2D eigenvalue weighted by Crippen LogP contribution is 2.29. The van der Waals surface area contributed by atoms with E-state index in [1.165, 1.54) is 7.11 Å². The van der Waals surface area contributed by atoms with Crippen molar-refractivity contribution >= 4 is 12.1 Å². The van der Waals surface area contributed by atoms with Gasteiger partial charge < -0.3 is 9.47 Å². The van der Waals surface area contributed by atoms with Gasteiger partial charge in [-0.3, -0.25) is 4.79 Å². The zero-order valence-electron chi connectivity index (χ0n) is 19.3. The minimum atomic E-state index is -0.359. The molecule has 34 heavy (non-hydrogen) atoms. The van der Waals surface area contributed by atoms with Gasteiger partial charge in [0, 0.05) is 22.9 Å². The molecule has 172 valence electrons. The largest absolute Gasteiger partial charge is 0.493 e. The van der Waals surface area contributed by atoms with Gasteiger partial charge in [0.1, 0.15) is 5.69 Å². The molecule has 0 saturated heterocycles. The van der Waals surface area contributed by atoms with Gasteiger partial charge in [-0.2, -0.15) is 10.2 Å². The molecule has 0 saturated carbocycles. The van der Waals surface area contributed by atoms with Crippen molar-refractivity contribution in [3.05, 3.63) is 96.2 Å². The molecule has 0 aliphatic rings. The highest BCUT2D eigenvalue weighted by Gasteiger charge is 2.13. The number of hydrogen-bond donors (Lipinski definition) is 1. The second kappa shape index (κ2) is 10.5. The Morgan fingerprint density at radius 2 is 1.71 bits per heavy atom. The normalized spacial score (nSPS) is 11.1. The van der Waals surface area contributed by atoms with Crippen molar-refractivity contribution in [1.29, 1.82) is 0 Å². The monoisotopic (exact) mass is 454 g/mol. The van der Waals surface area contributed by atoms with E-state index in [0.717, 1.165) is 22.5 Å². The summed E-state index contributed by atoms with van der Waals surface area (Å²) in [5.74, 6) is 0.710. The molecule has 1 amide bonds. The first-order chi connectivity index (χ1) is 16.5. The lowest BCUT2D eigenvalue weighted by Crippen LogP contribution is -2.18. The van der Waals surface area contributed by atoms with Crippen LogP contribution >= 0.6 is 0 Å². The summed E-state index contributed by atoms with van der Waals surface area (Å²) in [4.78, 5) is 12.7. The maximum absolute atomic E-state index is 12.7. The number of carbonyl (C=O) groups is 1. The molecule has 1 N–H and O–H groups in total. The van der Waals surface area contributed by atoms with Crippen LogP contribution in [-0.4, -0.2) is 35.1 Å². The highest BCUT2D eigenvalue weighted by molar-refractivity contribution is 5.96. The number of hydrazone groups is 1. The fraction of sp³-hybridized carbons (Fsp3) is 0.148. The summed E-state index contributed by atoms with van der Waals surface area (Å²) in [7, 11) is 1.54. The molecule has 0 unspecified atom stereocenters. The van der Waals surface area contributed by atoms with E-state index < -0.39 is 0 Å². The summed E-state index contributed by atoms with van der Waals surface area (Å²) in [6.07, 6.45) is 3.47. The number of ether oxygens (including phenoxy) is 2. The minimum Gasteiger partial charge on any atom is -0.493 e. The van der Waals surface area contributed by atoms with Crippen molar-refractivity contribution in [2.45, 2.75) is 20.0 Å². The van der Waals surface area contributed by atoms with Crippen LogP contribution in [0.15, 0.2) is 90.2 Å². The van der Waals surface area contributed by atoms with Gasteiger partial charge in [-0.05, 0) is 44.2 Å². The van der Waals surface area contributed by atoms with Crippen molar-refractivity contribution in [2.24, 2.45) is 5.10 Å². The topological polar surface area (TPSA) is 77.7 Å². The van der Waals surface area contributed by atoms with Crippen molar-refractivity contribution in [3.63, 3.8) is 0 Å². The molecule has 4 aromatic rings. The molecule has 0 radical (unpaired) electrons. The summed E-state index contributed by atoms with van der Waals surface area (Å²) in [5.41, 5.74) is 6.41. The van der Waals surface area contributed by atoms with Crippen LogP contribution < -0.4 is 14.9 Å². The predicted molar refractivity (Wildman–Crippen MR) is 133 cm³/mol. The molecule has 0 fully saturated rings. The van der Waals surface area contributed by atoms with Gasteiger partial charge in [-0.15, -0.1) is 0 Å². The molecule has 0 spiro atoms. The van der Waals surface area contributed by atoms with Gasteiger partial charge in [-0.25, -0.2) is 10.1 Å². The number of methoxy groups -OCH3 is 1. The maximum Gasteiger partial charge on any atom is 0.271 e. The van der Waals surface area contributed by atoms with E-state index in [1.54, 1.807) is 29.1 Å². The third kappa shape index (κ3) is 5.32. The molecule has 0 atom stereocenters. The second-order valence-electron chi connectivity index (χ2n) is 7.81. The summed E-state index contributed by atoms with van der Waals surface area (Å²) >= 11 is 0. The molecular weight excluding hydrogens is 428 g/mol. The van der Waals surface area contributed by atoms with E-state index in [0.29, 0.717) is 17.1 Å². The zero-order chi connectivity index (χ0) is 23.9. The van der Waals surface area contributed by atoms with Gasteiger partial charge in [-0.1, -0.05) is 48.5 Å². The van der Waals surface area contributed by atoms with Crippen molar-refractivity contribution in [3.8, 4) is 28.4 Å². The van der Waals surface area contributed by atoms with Gasteiger partial charge in [0.15, 0.2) is 11.5 Å². The molecule has 3 aromatic carbocycles. The number of para-hydroxylation sites is 1. The Kier molecular flexibility index (Phi) is 7.03. The number of nitrogens with zero attached hydrogens (tertiary/aromatic N) is 3.